The molecule has 6 rings (SSSR count). The highest BCUT2D eigenvalue weighted by molar-refractivity contribution is 6.29. The van der Waals surface area contributed by atoms with Crippen molar-refractivity contribution in [3.63, 3.8) is 0 Å². The Hall–Kier alpha value is -6.28. The molecule has 392 valence electrons. The number of methoxy groups -OCH3 is 2. The van der Waals surface area contributed by atoms with E-state index in [4.69, 9.17) is 44.1 Å². The van der Waals surface area contributed by atoms with Crippen LogP contribution in [-0.4, -0.2) is 106 Å². The number of ketones is 2. The molecule has 0 saturated heterocycles. The summed E-state index contributed by atoms with van der Waals surface area (Å²) in [5.74, 6) is -5.47. The molecule has 4 aromatic rings. The van der Waals surface area contributed by atoms with Crippen LogP contribution >= 0.6 is 23.2 Å². The summed E-state index contributed by atoms with van der Waals surface area (Å²) < 4.78 is 37.8. The number of aromatic nitrogens is 2. The molecule has 0 unspecified atom stereocenters. The summed E-state index contributed by atoms with van der Waals surface area (Å²) in [4.78, 5) is 106. The Bertz CT molecular complexity index is 2370. The third kappa shape index (κ3) is 16.4. The zero-order valence-corrected chi connectivity index (χ0v) is 42.0. The third-order valence-electron chi connectivity index (χ3n) is 13.1. The lowest BCUT2D eigenvalue weighted by molar-refractivity contribution is -0.145. The van der Waals surface area contributed by atoms with Gasteiger partial charge in [0.05, 0.1) is 38.7 Å². The number of nitrogens with two attached hydrogens (primary N) is 2. The summed E-state index contributed by atoms with van der Waals surface area (Å²) in [6.45, 7) is -0.669. The van der Waals surface area contributed by atoms with Crippen LogP contribution in [0, 0.1) is 23.7 Å². The minimum Gasteiger partial charge on any atom is -0.496 e. The van der Waals surface area contributed by atoms with Crippen molar-refractivity contribution in [1.82, 2.24) is 30.8 Å². The fraction of sp³-hybridized carbons (Fsp3) is 0.520. The van der Waals surface area contributed by atoms with Crippen LogP contribution in [0.2, 0.25) is 0 Å². The second-order valence-electron chi connectivity index (χ2n) is 18.3. The van der Waals surface area contributed by atoms with E-state index in [9.17, 15) is 47.1 Å². The van der Waals surface area contributed by atoms with Crippen LogP contribution in [-0.2, 0) is 28.8 Å². The van der Waals surface area contributed by atoms with Gasteiger partial charge in [-0.05, 0) is 61.1 Å². The molecule has 2 aromatic carbocycles. The SMILES string of the molecule is COc1cccc2[nH]c(C(=O)C[C@@H](CC3CCCCC3)C(=O)NN(CCC(N)=O)C(=O)[C@@H](F)Cl)cc12.COc1cccc2[nH]c(C(=O)C[C@@H](CC3CCCCC3)C(=O)NN(CCC(N)=O)C(=O)[C@H](F)Cl)cc12. The van der Waals surface area contributed by atoms with Gasteiger partial charge >= 0.3 is 0 Å². The number of primary amides is 2. The van der Waals surface area contributed by atoms with Crippen LogP contribution in [0.4, 0.5) is 8.78 Å². The minimum atomic E-state index is -2.40. The maximum Gasteiger partial charge on any atom is 0.291 e. The van der Waals surface area contributed by atoms with Crippen LogP contribution in [0.5, 0.6) is 11.5 Å². The van der Waals surface area contributed by atoms with Gasteiger partial charge in [0.1, 0.15) is 11.5 Å². The number of carbonyl (C=O) groups excluding carboxylic acids is 8. The van der Waals surface area contributed by atoms with E-state index in [1.165, 1.54) is 0 Å². The lowest BCUT2D eigenvalue weighted by Crippen LogP contribution is -2.51. The lowest BCUT2D eigenvalue weighted by Gasteiger charge is -2.29. The molecule has 0 bridgehead atoms. The number of hydrogen-bond donors (Lipinski definition) is 6. The highest BCUT2D eigenvalue weighted by Gasteiger charge is 2.33. The number of H-pyrrole nitrogens is 2. The smallest absolute Gasteiger partial charge is 0.291 e. The number of nitrogens with zero attached hydrogens (tertiary/aromatic N) is 2. The normalized spacial score (nSPS) is 15.8. The van der Waals surface area contributed by atoms with Crippen LogP contribution < -0.4 is 31.8 Å². The molecular weight excluding hydrogens is 981 g/mol. The fourth-order valence-electron chi connectivity index (χ4n) is 9.37. The maximum absolute atomic E-state index is 13.5. The van der Waals surface area contributed by atoms with Gasteiger partial charge in [0, 0.05) is 59.3 Å². The van der Waals surface area contributed by atoms with Crippen molar-refractivity contribution in [2.75, 3.05) is 27.3 Å². The number of carbonyl (C=O) groups is 8. The molecule has 2 aliphatic carbocycles. The summed E-state index contributed by atoms with van der Waals surface area (Å²) in [5, 5.41) is 2.82. The number of halogens is 4. The van der Waals surface area contributed by atoms with Crippen LogP contribution in [0.3, 0.4) is 0 Å². The molecule has 2 heterocycles. The van der Waals surface area contributed by atoms with Gasteiger partial charge in [-0.2, -0.15) is 0 Å². The Morgan fingerprint density at radius 1 is 0.625 bits per heavy atom. The van der Waals surface area contributed by atoms with Gasteiger partial charge < -0.3 is 30.9 Å². The molecule has 2 aliphatic rings. The first kappa shape index (κ1) is 56.6. The summed E-state index contributed by atoms with van der Waals surface area (Å²) in [6, 6.07) is 14.2. The van der Waals surface area contributed by atoms with Gasteiger partial charge in [-0.15, -0.1) is 0 Å². The largest absolute Gasteiger partial charge is 0.496 e. The zero-order chi connectivity index (χ0) is 52.5. The van der Waals surface area contributed by atoms with Crippen LogP contribution in [0.1, 0.15) is 124 Å². The van der Waals surface area contributed by atoms with E-state index in [0.717, 1.165) is 86.0 Å². The van der Waals surface area contributed by atoms with Crippen LogP contribution in [0.15, 0.2) is 48.5 Å². The molecule has 2 fully saturated rings. The predicted octanol–water partition coefficient (Wildman–Crippen LogP) is 7.21. The van der Waals surface area contributed by atoms with Gasteiger partial charge in [0.2, 0.25) is 23.6 Å². The first-order valence-electron chi connectivity index (χ1n) is 24.1. The van der Waals surface area contributed by atoms with Gasteiger partial charge in [-0.3, -0.25) is 49.2 Å². The summed E-state index contributed by atoms with van der Waals surface area (Å²) in [6.07, 6.45) is 10.3. The second-order valence-corrected chi connectivity index (χ2v) is 19.1. The quantitative estimate of drug-likeness (QED) is 0.0262. The molecule has 0 radical (unpaired) electrons. The first-order chi connectivity index (χ1) is 34.4. The van der Waals surface area contributed by atoms with Gasteiger partial charge in [0.25, 0.3) is 23.1 Å². The van der Waals surface area contributed by atoms with Crippen molar-refractivity contribution < 1.29 is 56.6 Å². The number of amides is 6. The van der Waals surface area contributed by atoms with Gasteiger partial charge in [-0.25, -0.2) is 18.8 Å². The molecule has 6 amide bonds. The molecule has 0 aliphatic heterocycles. The molecule has 18 nitrogen and oxygen atoms in total. The molecule has 2 saturated carbocycles. The summed E-state index contributed by atoms with van der Waals surface area (Å²) in [7, 11) is 3.09. The summed E-state index contributed by atoms with van der Waals surface area (Å²) >= 11 is 10.6. The van der Waals surface area contributed by atoms with E-state index in [1.54, 1.807) is 50.6 Å². The second kappa shape index (κ2) is 27.5. The van der Waals surface area contributed by atoms with E-state index in [0.29, 0.717) is 45.7 Å². The van der Waals surface area contributed by atoms with Gasteiger partial charge in [0.15, 0.2) is 11.6 Å². The van der Waals surface area contributed by atoms with Crippen molar-refractivity contribution in [2.24, 2.45) is 35.1 Å². The number of Topliss-reactive ketones (excluding diaryl/α,β-unsaturated/α-hetero) is 2. The highest BCUT2D eigenvalue weighted by atomic mass is 35.5. The first-order valence-corrected chi connectivity index (χ1v) is 25.0. The number of hydrazine groups is 2. The fourth-order valence-corrected chi connectivity index (χ4v) is 9.60. The van der Waals surface area contributed by atoms with E-state index in [2.05, 4.69) is 20.8 Å². The molecule has 22 heteroatoms. The average molecular weight is 1050 g/mol. The highest BCUT2D eigenvalue weighted by Crippen LogP contribution is 2.34. The van der Waals surface area contributed by atoms with E-state index < -0.39 is 58.5 Å². The Morgan fingerprint density at radius 3 is 1.31 bits per heavy atom. The van der Waals surface area contributed by atoms with Gasteiger partial charge in [-0.1, -0.05) is 99.5 Å². The van der Waals surface area contributed by atoms with Crippen molar-refractivity contribution in [2.45, 2.75) is 114 Å². The molecule has 0 spiro atoms. The predicted molar refractivity (Wildman–Crippen MR) is 266 cm³/mol. The Morgan fingerprint density at radius 2 is 0.986 bits per heavy atom. The number of benzene rings is 2. The number of fused-ring (bicyclic) bond motifs is 2. The third-order valence-corrected chi connectivity index (χ3v) is 13.5. The molecule has 8 N–H and O–H groups in total. The van der Waals surface area contributed by atoms with E-state index in [1.807, 2.05) is 12.1 Å². The van der Waals surface area contributed by atoms with Crippen molar-refractivity contribution in [3.05, 3.63) is 59.9 Å². The Balaban J connectivity index is 0.000000267. The topological polar surface area (TPSA) is 269 Å². The summed E-state index contributed by atoms with van der Waals surface area (Å²) in [5.41, 5.74) is 12.3. The number of aromatic amines is 2. The van der Waals surface area contributed by atoms with E-state index in [-0.39, 0.29) is 62.2 Å². The lowest BCUT2D eigenvalue weighted by atomic mass is 9.81. The average Bonchev–Trinajstić information content (AvgIpc) is 4.02. The maximum atomic E-state index is 13.5. The zero-order valence-electron chi connectivity index (χ0n) is 40.5. The minimum absolute atomic E-state index is 0.116. The molecular formula is C50H64Cl2F2N8O10. The number of rotatable bonds is 22. The number of hydrogen-bond acceptors (Lipinski definition) is 10. The Kier molecular flexibility index (Phi) is 21.6. The molecule has 4 atom stereocenters. The van der Waals surface area contributed by atoms with E-state index >= 15 is 0 Å². The van der Waals surface area contributed by atoms with Crippen molar-refractivity contribution in [1.29, 1.82) is 0 Å². The number of ether oxygens (including phenoxy) is 2. The number of nitrogens with one attached hydrogen (secondary N) is 4. The monoisotopic (exact) mass is 1040 g/mol. The molecule has 2 aromatic heterocycles. The standard InChI is InChI=1S/2C25H32ClFN4O5/c2*1-36-21-9-5-8-18-17(21)14-19(29-18)20(32)13-16(12-15-6-3-2-4-7-15)24(34)30-31(11-10-22(28)33)25(35)23(26)27/h2*5,8-9,14-16,23,29H,2-4,6-7,10-13H2,1H3,(H2,28,33)(H,30,34)/t16-,23+;16-,23-/m11/s1. The van der Waals surface area contributed by atoms with Crippen molar-refractivity contribution >= 4 is 92.0 Å². The Labute approximate surface area is 425 Å². The number of alkyl halides is 4. The van der Waals surface area contributed by atoms with Crippen molar-refractivity contribution in [3.8, 4) is 11.5 Å². The van der Waals surface area contributed by atoms with Crippen LogP contribution in [0.25, 0.3) is 21.8 Å². The molecule has 72 heavy (non-hydrogen) atoms.